The van der Waals surface area contributed by atoms with E-state index in [9.17, 15) is 13.2 Å². The minimum absolute atomic E-state index is 0.103. The van der Waals surface area contributed by atoms with Gasteiger partial charge in [-0.15, -0.1) is 0 Å². The Balaban J connectivity index is 1.80. The number of hydrogen-bond acceptors (Lipinski definition) is 3. The summed E-state index contributed by atoms with van der Waals surface area (Å²) in [7, 11) is -3.59. The van der Waals surface area contributed by atoms with Gasteiger partial charge < -0.3 is 4.90 Å². The van der Waals surface area contributed by atoms with Gasteiger partial charge in [-0.1, -0.05) is 84.4 Å². The van der Waals surface area contributed by atoms with Crippen molar-refractivity contribution in [2.24, 2.45) is 0 Å². The van der Waals surface area contributed by atoms with Crippen LogP contribution >= 0.6 is 11.6 Å². The predicted octanol–water partition coefficient (Wildman–Crippen LogP) is 4.33. The fourth-order valence-electron chi connectivity index (χ4n) is 3.17. The molecular formula is C24H25ClN2O3S. The third-order valence-corrected chi connectivity index (χ3v) is 6.29. The van der Waals surface area contributed by atoms with Crippen molar-refractivity contribution in [1.82, 2.24) is 9.21 Å². The Morgan fingerprint density at radius 1 is 0.742 bits per heavy atom. The summed E-state index contributed by atoms with van der Waals surface area (Å²) in [5.41, 5.74) is 2.73. The molecule has 0 unspecified atom stereocenters. The van der Waals surface area contributed by atoms with Crippen LogP contribution in [0.5, 0.6) is 0 Å². The van der Waals surface area contributed by atoms with Crippen LogP contribution in [-0.4, -0.2) is 36.3 Å². The van der Waals surface area contributed by atoms with Crippen LogP contribution in [-0.2, 0) is 34.5 Å². The van der Waals surface area contributed by atoms with Gasteiger partial charge in [0.15, 0.2) is 0 Å². The lowest BCUT2D eigenvalue weighted by molar-refractivity contribution is -0.132. The molecule has 1 amide bonds. The van der Waals surface area contributed by atoms with E-state index in [0.29, 0.717) is 18.1 Å². The van der Waals surface area contributed by atoms with E-state index in [0.717, 1.165) is 22.9 Å². The molecule has 0 spiro atoms. The molecular weight excluding hydrogens is 432 g/mol. The smallest absolute Gasteiger partial charge is 0.238 e. The zero-order valence-corrected chi connectivity index (χ0v) is 18.9. The van der Waals surface area contributed by atoms with Crippen molar-refractivity contribution in [3.63, 3.8) is 0 Å². The van der Waals surface area contributed by atoms with Crippen LogP contribution in [0.25, 0.3) is 0 Å². The summed E-state index contributed by atoms with van der Waals surface area (Å²) in [6.45, 7) is 0.660. The van der Waals surface area contributed by atoms with E-state index in [-0.39, 0.29) is 19.0 Å². The van der Waals surface area contributed by atoms with E-state index in [2.05, 4.69) is 0 Å². The van der Waals surface area contributed by atoms with Crippen molar-refractivity contribution in [2.75, 3.05) is 12.8 Å². The number of nitrogens with zero attached hydrogens (tertiary/aromatic N) is 2. The summed E-state index contributed by atoms with van der Waals surface area (Å²) in [6, 6.07) is 26.3. The van der Waals surface area contributed by atoms with Gasteiger partial charge in [-0.05, 0) is 28.8 Å². The van der Waals surface area contributed by atoms with Crippen molar-refractivity contribution in [2.45, 2.75) is 19.6 Å². The van der Waals surface area contributed by atoms with Crippen molar-refractivity contribution < 1.29 is 13.2 Å². The molecule has 0 aliphatic rings. The number of benzene rings is 3. The SMILES string of the molecule is CS(=O)(=O)N(CC(=O)N(Cc1ccccc1)Cc1ccccc1)Cc1ccc(Cl)cc1. The summed E-state index contributed by atoms with van der Waals surface area (Å²) in [5, 5.41) is 0.572. The maximum atomic E-state index is 13.3. The molecule has 5 nitrogen and oxygen atoms in total. The molecule has 0 N–H and O–H groups in total. The normalized spacial score (nSPS) is 11.5. The number of sulfonamides is 1. The largest absolute Gasteiger partial charge is 0.333 e. The fourth-order valence-corrected chi connectivity index (χ4v) is 4.03. The zero-order valence-electron chi connectivity index (χ0n) is 17.3. The van der Waals surface area contributed by atoms with Crippen LogP contribution in [0.1, 0.15) is 16.7 Å². The highest BCUT2D eigenvalue weighted by molar-refractivity contribution is 7.88. The second kappa shape index (κ2) is 10.6. The van der Waals surface area contributed by atoms with Crippen molar-refractivity contribution in [3.05, 3.63) is 107 Å². The van der Waals surface area contributed by atoms with Crippen LogP contribution in [0.2, 0.25) is 5.02 Å². The molecule has 0 saturated carbocycles. The fraction of sp³-hybridized carbons (Fsp3) is 0.208. The Morgan fingerprint density at radius 3 is 1.65 bits per heavy atom. The van der Waals surface area contributed by atoms with Crippen molar-refractivity contribution in [1.29, 1.82) is 0 Å². The Morgan fingerprint density at radius 2 is 1.19 bits per heavy atom. The first-order valence-electron chi connectivity index (χ1n) is 9.86. The topological polar surface area (TPSA) is 57.7 Å². The van der Waals surface area contributed by atoms with Gasteiger partial charge in [-0.3, -0.25) is 4.79 Å². The molecule has 31 heavy (non-hydrogen) atoms. The lowest BCUT2D eigenvalue weighted by atomic mass is 10.1. The van der Waals surface area contributed by atoms with E-state index >= 15 is 0 Å². The summed E-state index contributed by atoms with van der Waals surface area (Å²) < 4.78 is 26.0. The summed E-state index contributed by atoms with van der Waals surface area (Å²) in [5.74, 6) is -0.257. The summed E-state index contributed by atoms with van der Waals surface area (Å²) in [4.78, 5) is 14.9. The standard InChI is InChI=1S/C24H25ClN2O3S/c1-31(29,30)27(18-22-12-14-23(25)15-13-22)19-24(28)26(16-20-8-4-2-5-9-20)17-21-10-6-3-7-11-21/h2-15H,16-19H2,1H3. The summed E-state index contributed by atoms with van der Waals surface area (Å²) >= 11 is 5.93. The Kier molecular flexibility index (Phi) is 7.85. The molecule has 7 heteroatoms. The van der Waals surface area contributed by atoms with Gasteiger partial charge in [-0.25, -0.2) is 8.42 Å². The Bertz CT molecular complexity index is 1050. The van der Waals surface area contributed by atoms with Crippen molar-refractivity contribution >= 4 is 27.5 Å². The first-order chi connectivity index (χ1) is 14.8. The molecule has 3 aromatic carbocycles. The molecule has 0 bridgehead atoms. The third kappa shape index (κ3) is 7.21. The molecule has 0 aliphatic carbocycles. The molecule has 0 fully saturated rings. The highest BCUT2D eigenvalue weighted by Crippen LogP contribution is 2.15. The first kappa shape index (κ1) is 23.0. The Hall–Kier alpha value is -2.67. The molecule has 162 valence electrons. The molecule has 0 radical (unpaired) electrons. The second-order valence-corrected chi connectivity index (χ2v) is 9.80. The van der Waals surface area contributed by atoms with Crippen LogP contribution < -0.4 is 0 Å². The van der Waals surface area contributed by atoms with Gasteiger partial charge in [0.1, 0.15) is 0 Å². The summed E-state index contributed by atoms with van der Waals surface area (Å²) in [6.07, 6.45) is 1.12. The number of rotatable bonds is 9. The van der Waals surface area contributed by atoms with Gasteiger partial charge >= 0.3 is 0 Å². The highest BCUT2D eigenvalue weighted by atomic mass is 35.5. The molecule has 0 heterocycles. The number of halogens is 1. The number of carbonyl (C=O) groups is 1. The number of hydrogen-bond donors (Lipinski definition) is 0. The predicted molar refractivity (Wildman–Crippen MR) is 124 cm³/mol. The van der Waals surface area contributed by atoms with Gasteiger partial charge in [0.2, 0.25) is 15.9 Å². The van der Waals surface area contributed by atoms with Crippen LogP contribution in [0, 0.1) is 0 Å². The number of carbonyl (C=O) groups excluding carboxylic acids is 1. The molecule has 0 atom stereocenters. The van der Waals surface area contributed by atoms with Gasteiger partial charge in [0.05, 0.1) is 12.8 Å². The lowest BCUT2D eigenvalue weighted by Crippen LogP contribution is -2.41. The molecule has 0 aliphatic heterocycles. The monoisotopic (exact) mass is 456 g/mol. The molecule has 0 saturated heterocycles. The zero-order chi connectivity index (χ0) is 22.3. The second-order valence-electron chi connectivity index (χ2n) is 7.38. The van der Waals surface area contributed by atoms with Gasteiger partial charge in [0, 0.05) is 24.7 Å². The number of amides is 1. The highest BCUT2D eigenvalue weighted by Gasteiger charge is 2.24. The lowest BCUT2D eigenvalue weighted by Gasteiger charge is -2.27. The quantitative estimate of drug-likeness (QED) is 0.481. The Labute approximate surface area is 188 Å². The van der Waals surface area contributed by atoms with Crippen LogP contribution in [0.4, 0.5) is 0 Å². The van der Waals surface area contributed by atoms with E-state index in [4.69, 9.17) is 11.6 Å². The average molecular weight is 457 g/mol. The van der Waals surface area contributed by atoms with E-state index in [1.807, 2.05) is 60.7 Å². The van der Waals surface area contributed by atoms with Crippen LogP contribution in [0.15, 0.2) is 84.9 Å². The van der Waals surface area contributed by atoms with Gasteiger partial charge in [-0.2, -0.15) is 4.31 Å². The van der Waals surface area contributed by atoms with Gasteiger partial charge in [0.25, 0.3) is 0 Å². The minimum atomic E-state index is -3.59. The minimum Gasteiger partial charge on any atom is -0.333 e. The van der Waals surface area contributed by atoms with E-state index in [1.165, 1.54) is 4.31 Å². The van der Waals surface area contributed by atoms with Crippen LogP contribution in [0.3, 0.4) is 0 Å². The average Bonchev–Trinajstić information content (AvgIpc) is 2.75. The molecule has 3 aromatic rings. The maximum Gasteiger partial charge on any atom is 0.238 e. The maximum absolute atomic E-state index is 13.3. The van der Waals surface area contributed by atoms with E-state index in [1.54, 1.807) is 29.2 Å². The van der Waals surface area contributed by atoms with E-state index < -0.39 is 10.0 Å². The first-order valence-corrected chi connectivity index (χ1v) is 12.1. The molecule has 0 aromatic heterocycles. The third-order valence-electron chi connectivity index (χ3n) is 4.84. The van der Waals surface area contributed by atoms with Crippen molar-refractivity contribution in [3.8, 4) is 0 Å². The molecule has 3 rings (SSSR count).